The average molecular weight is 272 g/mol. The second-order valence-corrected chi connectivity index (χ2v) is 6.20. The molecule has 1 heterocycles. The van der Waals surface area contributed by atoms with Gasteiger partial charge in [-0.05, 0) is 22.9 Å². The smallest absolute Gasteiger partial charge is 0.156 e. The van der Waals surface area contributed by atoms with E-state index in [1.54, 1.807) is 23.1 Å². The lowest BCUT2D eigenvalue weighted by atomic mass is 10.1. The zero-order chi connectivity index (χ0) is 12.4. The van der Waals surface area contributed by atoms with E-state index in [0.29, 0.717) is 0 Å². The first kappa shape index (κ1) is 11.6. The van der Waals surface area contributed by atoms with Gasteiger partial charge in [-0.3, -0.25) is 0 Å². The summed E-state index contributed by atoms with van der Waals surface area (Å²) >= 11 is 3.38. The van der Waals surface area contributed by atoms with Gasteiger partial charge in [0.25, 0.3) is 0 Å². The Morgan fingerprint density at radius 2 is 1.94 bits per heavy atom. The Morgan fingerprint density at radius 1 is 1.11 bits per heavy atom. The maximum atomic E-state index is 4.38. The average Bonchev–Trinajstić information content (AvgIpc) is 2.86. The van der Waals surface area contributed by atoms with E-state index in [0.717, 1.165) is 9.34 Å². The van der Waals surface area contributed by atoms with Gasteiger partial charge >= 0.3 is 0 Å². The number of anilines is 1. The molecule has 0 amide bonds. The van der Waals surface area contributed by atoms with Crippen LogP contribution in [0.5, 0.6) is 0 Å². The van der Waals surface area contributed by atoms with Gasteiger partial charge < -0.3 is 5.32 Å². The number of thiazole rings is 1. The van der Waals surface area contributed by atoms with Crippen LogP contribution in [0.15, 0.2) is 57.9 Å². The van der Waals surface area contributed by atoms with Crippen molar-refractivity contribution in [3.8, 4) is 0 Å². The van der Waals surface area contributed by atoms with Crippen LogP contribution in [-0.2, 0) is 0 Å². The van der Waals surface area contributed by atoms with Gasteiger partial charge in [0, 0.05) is 11.9 Å². The first-order valence-electron chi connectivity index (χ1n) is 5.65. The highest BCUT2D eigenvalue weighted by atomic mass is 32.2. The topological polar surface area (TPSA) is 24.9 Å². The number of hydrogen-bond donors (Lipinski definition) is 1. The molecule has 2 aromatic carbocycles. The summed E-state index contributed by atoms with van der Waals surface area (Å²) in [6.45, 7) is 0. The van der Waals surface area contributed by atoms with E-state index >= 15 is 0 Å². The highest BCUT2D eigenvalue weighted by molar-refractivity contribution is 8.01. The summed E-state index contributed by atoms with van der Waals surface area (Å²) < 4.78 is 1.06. The van der Waals surface area contributed by atoms with Crippen molar-refractivity contribution in [3.63, 3.8) is 0 Å². The molecule has 0 radical (unpaired) electrons. The van der Waals surface area contributed by atoms with Crippen molar-refractivity contribution in [1.29, 1.82) is 0 Å². The van der Waals surface area contributed by atoms with Gasteiger partial charge in [0.05, 0.1) is 6.20 Å². The molecule has 18 heavy (non-hydrogen) atoms. The lowest BCUT2D eigenvalue weighted by Crippen LogP contribution is -1.80. The van der Waals surface area contributed by atoms with Crippen molar-refractivity contribution < 1.29 is 0 Å². The molecule has 0 bridgehead atoms. The Morgan fingerprint density at radius 3 is 2.72 bits per heavy atom. The first-order valence-corrected chi connectivity index (χ1v) is 7.29. The van der Waals surface area contributed by atoms with E-state index in [2.05, 4.69) is 52.8 Å². The summed E-state index contributed by atoms with van der Waals surface area (Å²) in [5.41, 5.74) is 0. The van der Waals surface area contributed by atoms with Gasteiger partial charge in [-0.2, -0.15) is 0 Å². The molecule has 0 saturated carbocycles. The Bertz CT molecular complexity index is 676. The van der Waals surface area contributed by atoms with Crippen LogP contribution in [0.25, 0.3) is 10.8 Å². The number of rotatable bonds is 3. The summed E-state index contributed by atoms with van der Waals surface area (Å²) in [5.74, 6) is 0. The van der Waals surface area contributed by atoms with Gasteiger partial charge in [0.15, 0.2) is 4.34 Å². The predicted molar refractivity (Wildman–Crippen MR) is 79.7 cm³/mol. The Balaban J connectivity index is 1.90. The molecule has 0 aliphatic carbocycles. The molecule has 2 nitrogen and oxygen atoms in total. The SMILES string of the molecule is CNc1cnc(Sc2ccc3ccccc3c2)s1. The normalized spacial score (nSPS) is 10.7. The predicted octanol–water partition coefficient (Wildman–Crippen LogP) is 4.49. The molecule has 0 fully saturated rings. The summed E-state index contributed by atoms with van der Waals surface area (Å²) in [5, 5.41) is 6.75. The van der Waals surface area contributed by atoms with Crippen molar-refractivity contribution in [2.75, 3.05) is 12.4 Å². The van der Waals surface area contributed by atoms with Crippen LogP contribution in [0, 0.1) is 0 Å². The van der Waals surface area contributed by atoms with Crippen LogP contribution in [0.3, 0.4) is 0 Å². The zero-order valence-electron chi connectivity index (χ0n) is 9.88. The maximum absolute atomic E-state index is 4.38. The zero-order valence-corrected chi connectivity index (χ0v) is 11.5. The van der Waals surface area contributed by atoms with Crippen molar-refractivity contribution >= 4 is 38.9 Å². The number of fused-ring (bicyclic) bond motifs is 1. The highest BCUT2D eigenvalue weighted by Gasteiger charge is 2.03. The number of aromatic nitrogens is 1. The first-order chi connectivity index (χ1) is 8.85. The van der Waals surface area contributed by atoms with Crippen molar-refractivity contribution in [1.82, 2.24) is 4.98 Å². The Kier molecular flexibility index (Phi) is 3.21. The molecule has 4 heteroatoms. The van der Waals surface area contributed by atoms with Crippen LogP contribution >= 0.6 is 23.1 Å². The van der Waals surface area contributed by atoms with Crippen LogP contribution in [0.2, 0.25) is 0 Å². The summed E-state index contributed by atoms with van der Waals surface area (Å²) in [4.78, 5) is 5.61. The summed E-state index contributed by atoms with van der Waals surface area (Å²) in [6.07, 6.45) is 1.87. The minimum Gasteiger partial charge on any atom is -0.379 e. The second kappa shape index (κ2) is 5.00. The number of nitrogens with zero attached hydrogens (tertiary/aromatic N) is 1. The lowest BCUT2D eigenvalue weighted by molar-refractivity contribution is 1.24. The van der Waals surface area contributed by atoms with E-state index in [1.807, 2.05) is 13.2 Å². The fourth-order valence-corrected chi connectivity index (χ4v) is 3.61. The van der Waals surface area contributed by atoms with Crippen LogP contribution in [-0.4, -0.2) is 12.0 Å². The summed E-state index contributed by atoms with van der Waals surface area (Å²) in [6, 6.07) is 14.9. The number of nitrogens with one attached hydrogen (secondary N) is 1. The fraction of sp³-hybridized carbons (Fsp3) is 0.0714. The molecule has 0 atom stereocenters. The van der Waals surface area contributed by atoms with E-state index in [9.17, 15) is 0 Å². The molecular weight excluding hydrogens is 260 g/mol. The minimum absolute atomic E-state index is 1.06. The maximum Gasteiger partial charge on any atom is 0.156 e. The third-order valence-electron chi connectivity index (χ3n) is 2.66. The molecule has 0 saturated heterocycles. The van der Waals surface area contributed by atoms with Gasteiger partial charge in [0.2, 0.25) is 0 Å². The van der Waals surface area contributed by atoms with Crippen molar-refractivity contribution in [2.24, 2.45) is 0 Å². The minimum atomic E-state index is 1.06. The van der Waals surface area contributed by atoms with Crippen molar-refractivity contribution in [2.45, 2.75) is 9.24 Å². The van der Waals surface area contributed by atoms with Crippen LogP contribution in [0.4, 0.5) is 5.00 Å². The van der Waals surface area contributed by atoms with Gasteiger partial charge in [-0.15, -0.1) is 0 Å². The van der Waals surface area contributed by atoms with Gasteiger partial charge in [-0.1, -0.05) is 53.4 Å². The molecule has 0 aliphatic heterocycles. The second-order valence-electron chi connectivity index (χ2n) is 3.85. The quantitative estimate of drug-likeness (QED) is 0.760. The Labute approximate surface area is 114 Å². The third-order valence-corrected chi connectivity index (χ3v) is 4.74. The van der Waals surface area contributed by atoms with Gasteiger partial charge in [0.1, 0.15) is 5.00 Å². The van der Waals surface area contributed by atoms with Gasteiger partial charge in [-0.25, -0.2) is 4.98 Å². The molecule has 90 valence electrons. The van der Waals surface area contributed by atoms with Crippen LogP contribution in [0.1, 0.15) is 0 Å². The Hall–Kier alpha value is -1.52. The number of benzene rings is 2. The monoisotopic (exact) mass is 272 g/mol. The summed E-state index contributed by atoms with van der Waals surface area (Å²) in [7, 11) is 1.91. The number of hydrogen-bond acceptors (Lipinski definition) is 4. The van der Waals surface area contributed by atoms with Crippen molar-refractivity contribution in [3.05, 3.63) is 48.7 Å². The third kappa shape index (κ3) is 2.35. The molecule has 3 rings (SSSR count). The molecule has 1 N–H and O–H groups in total. The standard InChI is InChI=1S/C14H12N2S2/c1-15-13-9-16-14(18-13)17-12-7-6-10-4-2-3-5-11(10)8-12/h2-9,15H,1H3. The molecule has 0 spiro atoms. The van der Waals surface area contributed by atoms with E-state index in [4.69, 9.17) is 0 Å². The largest absolute Gasteiger partial charge is 0.379 e. The molecule has 0 unspecified atom stereocenters. The molecule has 0 aliphatic rings. The molecular formula is C14H12N2S2. The van der Waals surface area contributed by atoms with Crippen LogP contribution < -0.4 is 5.32 Å². The van der Waals surface area contributed by atoms with E-state index in [-0.39, 0.29) is 0 Å². The van der Waals surface area contributed by atoms with E-state index in [1.165, 1.54) is 15.7 Å². The molecule has 1 aromatic heterocycles. The highest BCUT2D eigenvalue weighted by Crippen LogP contribution is 2.34. The fourth-order valence-electron chi connectivity index (χ4n) is 1.75. The molecule has 3 aromatic rings. The van der Waals surface area contributed by atoms with E-state index < -0.39 is 0 Å². The lowest BCUT2D eigenvalue weighted by Gasteiger charge is -2.01.